The number of aromatic nitrogens is 1. The molecular formula is C13H16F3NO. The third kappa shape index (κ3) is 2.94. The standard InChI is InChI=1S/C13H16F3NO/c1-8(2)9-5-11(6-9)18-10-3-4-12(17-7-10)13(14,15)16/h3-4,7-9,11H,5-6H2,1-2H3/t9-,11-. The normalized spacial score (nSPS) is 23.9. The third-order valence-corrected chi connectivity index (χ3v) is 3.40. The molecular weight excluding hydrogens is 243 g/mol. The van der Waals surface area contributed by atoms with Crippen LogP contribution in [0, 0.1) is 11.8 Å². The molecule has 100 valence electrons. The van der Waals surface area contributed by atoms with Crippen molar-refractivity contribution in [3.8, 4) is 5.75 Å². The van der Waals surface area contributed by atoms with E-state index in [9.17, 15) is 13.2 Å². The first kappa shape index (κ1) is 13.2. The maximum Gasteiger partial charge on any atom is 0.433 e. The van der Waals surface area contributed by atoms with Gasteiger partial charge in [0.05, 0.1) is 12.3 Å². The van der Waals surface area contributed by atoms with Gasteiger partial charge in [0.15, 0.2) is 0 Å². The number of pyridine rings is 1. The smallest absolute Gasteiger partial charge is 0.433 e. The molecule has 0 amide bonds. The first-order chi connectivity index (χ1) is 8.36. The Morgan fingerprint density at radius 3 is 2.39 bits per heavy atom. The van der Waals surface area contributed by atoms with Crippen molar-refractivity contribution in [2.24, 2.45) is 11.8 Å². The molecule has 0 atom stereocenters. The molecule has 18 heavy (non-hydrogen) atoms. The van der Waals surface area contributed by atoms with Crippen LogP contribution >= 0.6 is 0 Å². The lowest BCUT2D eigenvalue weighted by Crippen LogP contribution is -2.36. The van der Waals surface area contributed by atoms with Gasteiger partial charge in [-0.1, -0.05) is 13.8 Å². The van der Waals surface area contributed by atoms with Gasteiger partial charge in [0.2, 0.25) is 0 Å². The quantitative estimate of drug-likeness (QED) is 0.821. The molecule has 0 radical (unpaired) electrons. The molecule has 0 aromatic carbocycles. The zero-order chi connectivity index (χ0) is 13.3. The van der Waals surface area contributed by atoms with E-state index >= 15 is 0 Å². The van der Waals surface area contributed by atoms with Crippen LogP contribution in [0.3, 0.4) is 0 Å². The first-order valence-corrected chi connectivity index (χ1v) is 6.06. The summed E-state index contributed by atoms with van der Waals surface area (Å²) in [6.45, 7) is 4.33. The molecule has 1 aromatic heterocycles. The second-order valence-electron chi connectivity index (χ2n) is 5.09. The summed E-state index contributed by atoms with van der Waals surface area (Å²) in [6.07, 6.45) is -1.18. The van der Waals surface area contributed by atoms with Gasteiger partial charge >= 0.3 is 6.18 Å². The van der Waals surface area contributed by atoms with Crippen LogP contribution < -0.4 is 4.74 Å². The topological polar surface area (TPSA) is 22.1 Å². The maximum absolute atomic E-state index is 12.3. The highest BCUT2D eigenvalue weighted by Crippen LogP contribution is 2.36. The number of rotatable bonds is 3. The SMILES string of the molecule is CC(C)[C@H]1C[C@H](Oc2ccc(C(F)(F)F)nc2)C1. The zero-order valence-corrected chi connectivity index (χ0v) is 10.4. The summed E-state index contributed by atoms with van der Waals surface area (Å²) in [7, 11) is 0. The van der Waals surface area contributed by atoms with Crippen molar-refractivity contribution in [3.63, 3.8) is 0 Å². The fourth-order valence-electron chi connectivity index (χ4n) is 2.06. The second-order valence-corrected chi connectivity index (χ2v) is 5.09. The predicted octanol–water partition coefficient (Wildman–Crippen LogP) is 3.91. The van der Waals surface area contributed by atoms with Gasteiger partial charge in [-0.25, -0.2) is 4.98 Å². The van der Waals surface area contributed by atoms with Crippen LogP contribution in [-0.2, 0) is 6.18 Å². The van der Waals surface area contributed by atoms with Crippen LogP contribution in [0.1, 0.15) is 32.4 Å². The van der Waals surface area contributed by atoms with E-state index in [2.05, 4.69) is 18.8 Å². The molecule has 0 bridgehead atoms. The molecule has 1 aromatic rings. The number of alkyl halides is 3. The monoisotopic (exact) mass is 259 g/mol. The van der Waals surface area contributed by atoms with Gasteiger partial charge in [-0.15, -0.1) is 0 Å². The summed E-state index contributed by atoms with van der Waals surface area (Å²) >= 11 is 0. The first-order valence-electron chi connectivity index (χ1n) is 6.06. The minimum atomic E-state index is -4.39. The molecule has 0 unspecified atom stereocenters. The van der Waals surface area contributed by atoms with E-state index in [1.807, 2.05) is 0 Å². The summed E-state index contributed by atoms with van der Waals surface area (Å²) in [5, 5.41) is 0. The number of nitrogens with zero attached hydrogens (tertiary/aromatic N) is 1. The van der Waals surface area contributed by atoms with E-state index < -0.39 is 11.9 Å². The van der Waals surface area contributed by atoms with Crippen molar-refractivity contribution < 1.29 is 17.9 Å². The van der Waals surface area contributed by atoms with E-state index in [-0.39, 0.29) is 6.10 Å². The molecule has 0 aliphatic heterocycles. The Morgan fingerprint density at radius 2 is 1.94 bits per heavy atom. The summed E-state index contributed by atoms with van der Waals surface area (Å²) < 4.78 is 42.5. The Bertz CT molecular complexity index is 394. The highest BCUT2D eigenvalue weighted by molar-refractivity contribution is 5.21. The van der Waals surface area contributed by atoms with Gasteiger partial charge in [0, 0.05) is 0 Å². The molecule has 1 fully saturated rings. The van der Waals surface area contributed by atoms with E-state index in [1.165, 1.54) is 6.07 Å². The minimum Gasteiger partial charge on any atom is -0.489 e. The molecule has 0 N–H and O–H groups in total. The van der Waals surface area contributed by atoms with Gasteiger partial charge in [-0.3, -0.25) is 0 Å². The summed E-state index contributed by atoms with van der Waals surface area (Å²) in [5.74, 6) is 1.71. The fraction of sp³-hybridized carbons (Fsp3) is 0.615. The third-order valence-electron chi connectivity index (χ3n) is 3.40. The number of hydrogen-bond donors (Lipinski definition) is 0. The Labute approximate surface area is 104 Å². The summed E-state index contributed by atoms with van der Waals surface area (Å²) in [4.78, 5) is 3.37. The van der Waals surface area contributed by atoms with Crippen LogP contribution in [0.2, 0.25) is 0 Å². The summed E-state index contributed by atoms with van der Waals surface area (Å²) in [5.41, 5.74) is -0.886. The van der Waals surface area contributed by atoms with E-state index in [0.717, 1.165) is 25.1 Å². The van der Waals surface area contributed by atoms with Crippen molar-refractivity contribution >= 4 is 0 Å². The Morgan fingerprint density at radius 1 is 1.28 bits per heavy atom. The molecule has 1 saturated carbocycles. The lowest BCUT2D eigenvalue weighted by atomic mass is 9.75. The van der Waals surface area contributed by atoms with E-state index in [0.29, 0.717) is 17.6 Å². The average molecular weight is 259 g/mol. The van der Waals surface area contributed by atoms with Crippen LogP contribution in [0.4, 0.5) is 13.2 Å². The van der Waals surface area contributed by atoms with E-state index in [4.69, 9.17) is 4.74 Å². The largest absolute Gasteiger partial charge is 0.489 e. The molecule has 0 saturated heterocycles. The minimum absolute atomic E-state index is 0.121. The lowest BCUT2D eigenvalue weighted by Gasteiger charge is -2.37. The van der Waals surface area contributed by atoms with Crippen LogP contribution in [0.5, 0.6) is 5.75 Å². The van der Waals surface area contributed by atoms with Crippen LogP contribution in [-0.4, -0.2) is 11.1 Å². The number of halogens is 3. The molecule has 1 aliphatic carbocycles. The summed E-state index contributed by atoms with van der Waals surface area (Å²) in [6, 6.07) is 2.28. The predicted molar refractivity (Wildman–Crippen MR) is 61.2 cm³/mol. The molecule has 1 heterocycles. The van der Waals surface area contributed by atoms with Gasteiger partial charge in [0.25, 0.3) is 0 Å². The van der Waals surface area contributed by atoms with Crippen molar-refractivity contribution in [2.45, 2.75) is 39.0 Å². The van der Waals surface area contributed by atoms with Gasteiger partial charge in [0.1, 0.15) is 11.4 Å². The zero-order valence-electron chi connectivity index (χ0n) is 10.4. The van der Waals surface area contributed by atoms with E-state index in [1.54, 1.807) is 0 Å². The van der Waals surface area contributed by atoms with Crippen molar-refractivity contribution in [1.82, 2.24) is 4.98 Å². The fourth-order valence-corrected chi connectivity index (χ4v) is 2.06. The number of ether oxygens (including phenoxy) is 1. The molecule has 1 aliphatic rings. The molecule has 2 nitrogen and oxygen atoms in total. The van der Waals surface area contributed by atoms with Crippen LogP contribution in [0.25, 0.3) is 0 Å². The highest BCUT2D eigenvalue weighted by Gasteiger charge is 2.34. The second kappa shape index (κ2) is 4.78. The number of hydrogen-bond acceptors (Lipinski definition) is 2. The van der Waals surface area contributed by atoms with Crippen molar-refractivity contribution in [3.05, 3.63) is 24.0 Å². The van der Waals surface area contributed by atoms with Gasteiger partial charge in [-0.2, -0.15) is 13.2 Å². The molecule has 2 rings (SSSR count). The highest BCUT2D eigenvalue weighted by atomic mass is 19.4. The molecule has 0 spiro atoms. The lowest BCUT2D eigenvalue weighted by molar-refractivity contribution is -0.141. The Kier molecular flexibility index (Phi) is 3.50. The average Bonchev–Trinajstić information content (AvgIpc) is 2.21. The van der Waals surface area contributed by atoms with Gasteiger partial charge < -0.3 is 4.74 Å². The van der Waals surface area contributed by atoms with Gasteiger partial charge in [-0.05, 0) is 36.8 Å². The van der Waals surface area contributed by atoms with Crippen LogP contribution in [0.15, 0.2) is 18.3 Å². The Hall–Kier alpha value is -1.26. The van der Waals surface area contributed by atoms with Crippen molar-refractivity contribution in [2.75, 3.05) is 0 Å². The Balaban J connectivity index is 1.89. The molecule has 5 heteroatoms. The van der Waals surface area contributed by atoms with Crippen molar-refractivity contribution in [1.29, 1.82) is 0 Å². The maximum atomic E-state index is 12.3.